The van der Waals surface area contributed by atoms with Crippen LogP contribution in [0.15, 0.2) is 12.1 Å². The van der Waals surface area contributed by atoms with Crippen molar-refractivity contribution in [3.63, 3.8) is 0 Å². The highest BCUT2D eigenvalue weighted by Gasteiger charge is 2.33. The number of nitrogens with one attached hydrogen (secondary N) is 1. The molecule has 0 aromatic heterocycles. The first-order valence-corrected chi connectivity index (χ1v) is 10.5. The molecule has 1 saturated heterocycles. The third-order valence-corrected chi connectivity index (χ3v) is 5.17. The standard InChI is InChI=1S/C21H29ClN2O6.H2O/c1-21(2,3)30-20(27)24-6-5-13(16(25)12-24)11-23-19(26)15-9-14(22)10-17-18(15)29-8-4-7-28-17;/h9-10,13,16,25H,4-8,11-12H2,1-3H3,(H,23,26);1H2/t13-,16+;/m0./s1. The number of fused-ring (bicyclic) bond motifs is 1. The number of piperidine rings is 1. The fourth-order valence-corrected chi connectivity index (χ4v) is 3.65. The Morgan fingerprint density at radius 3 is 2.68 bits per heavy atom. The van der Waals surface area contributed by atoms with Gasteiger partial charge in [-0.05, 0) is 33.3 Å². The molecule has 3 rings (SSSR count). The molecule has 0 bridgehead atoms. The summed E-state index contributed by atoms with van der Waals surface area (Å²) in [6.07, 6.45) is 0.0643. The monoisotopic (exact) mass is 458 g/mol. The van der Waals surface area contributed by atoms with E-state index in [4.69, 9.17) is 25.8 Å². The van der Waals surface area contributed by atoms with E-state index in [1.165, 1.54) is 4.90 Å². The molecule has 1 fully saturated rings. The third-order valence-electron chi connectivity index (χ3n) is 4.95. The summed E-state index contributed by atoms with van der Waals surface area (Å²) in [6, 6.07) is 3.18. The van der Waals surface area contributed by atoms with E-state index in [0.29, 0.717) is 48.3 Å². The van der Waals surface area contributed by atoms with Crippen LogP contribution in [0, 0.1) is 5.92 Å². The zero-order chi connectivity index (χ0) is 21.9. The Morgan fingerprint density at radius 1 is 1.29 bits per heavy atom. The topological polar surface area (TPSA) is 129 Å². The van der Waals surface area contributed by atoms with Gasteiger partial charge in [-0.15, -0.1) is 0 Å². The number of benzene rings is 1. The quantitative estimate of drug-likeness (QED) is 0.712. The summed E-state index contributed by atoms with van der Waals surface area (Å²) in [7, 11) is 0. The van der Waals surface area contributed by atoms with Crippen molar-refractivity contribution in [3.8, 4) is 11.5 Å². The first-order chi connectivity index (χ1) is 14.1. The number of aliphatic hydroxyl groups excluding tert-OH is 1. The van der Waals surface area contributed by atoms with E-state index in [-0.39, 0.29) is 30.4 Å². The molecule has 1 aromatic rings. The number of carbonyl (C=O) groups excluding carboxylic acids is 2. The molecule has 0 spiro atoms. The lowest BCUT2D eigenvalue weighted by atomic mass is 9.94. The van der Waals surface area contributed by atoms with Gasteiger partial charge in [0.05, 0.1) is 31.4 Å². The minimum absolute atomic E-state index is 0. The largest absolute Gasteiger partial charge is 0.489 e. The van der Waals surface area contributed by atoms with Gasteiger partial charge in [-0.3, -0.25) is 4.79 Å². The van der Waals surface area contributed by atoms with E-state index in [2.05, 4.69) is 5.32 Å². The van der Waals surface area contributed by atoms with Gasteiger partial charge in [-0.25, -0.2) is 4.79 Å². The normalized spacial score (nSPS) is 20.9. The molecule has 174 valence electrons. The van der Waals surface area contributed by atoms with Crippen LogP contribution in [0.25, 0.3) is 0 Å². The predicted molar refractivity (Wildman–Crippen MR) is 115 cm³/mol. The fourth-order valence-electron chi connectivity index (χ4n) is 3.44. The number of amides is 2. The summed E-state index contributed by atoms with van der Waals surface area (Å²) in [6.45, 7) is 7.24. The number of carbonyl (C=O) groups is 2. The maximum atomic E-state index is 12.8. The van der Waals surface area contributed by atoms with Gasteiger partial charge in [0.25, 0.3) is 5.91 Å². The molecule has 2 aliphatic rings. The van der Waals surface area contributed by atoms with Crippen LogP contribution in [0.2, 0.25) is 5.02 Å². The maximum absolute atomic E-state index is 12.8. The van der Waals surface area contributed by atoms with Crippen molar-refractivity contribution in [2.45, 2.75) is 45.3 Å². The second kappa shape index (κ2) is 10.4. The van der Waals surface area contributed by atoms with Crippen LogP contribution in [0.4, 0.5) is 4.79 Å². The van der Waals surface area contributed by atoms with Gasteiger partial charge < -0.3 is 35.0 Å². The van der Waals surface area contributed by atoms with Crippen molar-refractivity contribution >= 4 is 23.6 Å². The molecule has 1 aromatic carbocycles. The lowest BCUT2D eigenvalue weighted by Gasteiger charge is -2.36. The van der Waals surface area contributed by atoms with E-state index in [1.807, 2.05) is 0 Å². The summed E-state index contributed by atoms with van der Waals surface area (Å²) >= 11 is 6.14. The number of aliphatic hydroxyl groups is 1. The minimum atomic E-state index is -0.761. The van der Waals surface area contributed by atoms with Crippen LogP contribution in [-0.4, -0.2) is 72.0 Å². The Kier molecular flexibility index (Phi) is 8.39. The van der Waals surface area contributed by atoms with Crippen molar-refractivity contribution in [2.24, 2.45) is 5.92 Å². The smallest absolute Gasteiger partial charge is 0.410 e. The zero-order valence-electron chi connectivity index (χ0n) is 18.1. The molecule has 9 nitrogen and oxygen atoms in total. The van der Waals surface area contributed by atoms with Crippen molar-refractivity contribution in [1.82, 2.24) is 10.2 Å². The molecule has 2 atom stereocenters. The van der Waals surface area contributed by atoms with Crippen LogP contribution in [0.3, 0.4) is 0 Å². The van der Waals surface area contributed by atoms with E-state index in [9.17, 15) is 14.7 Å². The number of nitrogens with zero attached hydrogens (tertiary/aromatic N) is 1. The van der Waals surface area contributed by atoms with Crippen LogP contribution in [0.1, 0.15) is 44.0 Å². The number of hydrogen-bond acceptors (Lipinski definition) is 6. The SMILES string of the molecule is CC(C)(C)OC(=O)N1CC[C@@H](CNC(=O)c2cc(Cl)cc3c2OCCCO3)[C@H](O)C1.O. The van der Waals surface area contributed by atoms with E-state index < -0.39 is 17.8 Å². The second-order valence-corrected chi connectivity index (χ2v) is 9.02. The Bertz CT molecular complexity index is 797. The highest BCUT2D eigenvalue weighted by Crippen LogP contribution is 2.36. The summed E-state index contributed by atoms with van der Waals surface area (Å²) in [4.78, 5) is 26.5. The second-order valence-electron chi connectivity index (χ2n) is 8.58. The van der Waals surface area contributed by atoms with Crippen molar-refractivity contribution in [3.05, 3.63) is 22.7 Å². The van der Waals surface area contributed by atoms with Crippen LogP contribution in [0.5, 0.6) is 11.5 Å². The number of halogens is 1. The van der Waals surface area contributed by atoms with Gasteiger partial charge in [0.15, 0.2) is 11.5 Å². The van der Waals surface area contributed by atoms with Gasteiger partial charge in [0, 0.05) is 36.5 Å². The van der Waals surface area contributed by atoms with Crippen LogP contribution < -0.4 is 14.8 Å². The number of rotatable bonds is 3. The zero-order valence-corrected chi connectivity index (χ0v) is 18.8. The summed E-state index contributed by atoms with van der Waals surface area (Å²) in [5.74, 6) is 0.314. The van der Waals surface area contributed by atoms with Crippen molar-refractivity contribution in [1.29, 1.82) is 0 Å². The molecular formula is C21H31ClN2O7. The number of likely N-dealkylation sites (tertiary alicyclic amines) is 1. The average molecular weight is 459 g/mol. The molecule has 0 saturated carbocycles. The highest BCUT2D eigenvalue weighted by molar-refractivity contribution is 6.31. The molecule has 4 N–H and O–H groups in total. The Labute approximate surface area is 186 Å². The molecule has 0 radical (unpaired) electrons. The summed E-state index contributed by atoms with van der Waals surface area (Å²) < 4.78 is 16.7. The minimum Gasteiger partial charge on any atom is -0.489 e. The first kappa shape index (κ1) is 25.0. The molecule has 2 aliphatic heterocycles. The van der Waals surface area contributed by atoms with Crippen LogP contribution >= 0.6 is 11.6 Å². The number of hydrogen-bond donors (Lipinski definition) is 2. The lowest BCUT2D eigenvalue weighted by Crippen LogP contribution is -2.50. The molecular weight excluding hydrogens is 428 g/mol. The van der Waals surface area contributed by atoms with Gasteiger partial charge in [0.2, 0.25) is 0 Å². The predicted octanol–water partition coefficient (Wildman–Crippen LogP) is 2.02. The van der Waals surface area contributed by atoms with Gasteiger partial charge in [-0.2, -0.15) is 0 Å². The van der Waals surface area contributed by atoms with Crippen molar-refractivity contribution < 1.29 is 34.4 Å². The van der Waals surface area contributed by atoms with Gasteiger partial charge in [0.1, 0.15) is 5.60 Å². The maximum Gasteiger partial charge on any atom is 0.410 e. The Morgan fingerprint density at radius 2 is 2.00 bits per heavy atom. The van der Waals surface area contributed by atoms with E-state index >= 15 is 0 Å². The number of ether oxygens (including phenoxy) is 3. The molecule has 0 aliphatic carbocycles. The fraction of sp³-hybridized carbons (Fsp3) is 0.619. The van der Waals surface area contributed by atoms with Gasteiger partial charge in [-0.1, -0.05) is 11.6 Å². The summed E-state index contributed by atoms with van der Waals surface area (Å²) in [5, 5.41) is 13.7. The van der Waals surface area contributed by atoms with Gasteiger partial charge >= 0.3 is 6.09 Å². The number of β-amino-alcohol motifs (C(OH)–C–C–N with tert-alkyl or cyclic N) is 1. The molecule has 10 heteroatoms. The molecule has 2 heterocycles. The van der Waals surface area contributed by atoms with E-state index in [0.717, 1.165) is 6.42 Å². The molecule has 2 amide bonds. The van der Waals surface area contributed by atoms with E-state index in [1.54, 1.807) is 32.9 Å². The lowest BCUT2D eigenvalue weighted by molar-refractivity contribution is -0.0122. The Hall–Kier alpha value is -2.23. The summed E-state index contributed by atoms with van der Waals surface area (Å²) in [5.41, 5.74) is -0.284. The molecule has 0 unspecified atom stereocenters. The first-order valence-electron chi connectivity index (χ1n) is 10.2. The van der Waals surface area contributed by atoms with Crippen LogP contribution in [-0.2, 0) is 4.74 Å². The third kappa shape index (κ3) is 6.62. The average Bonchev–Trinajstić information content (AvgIpc) is 2.90. The Balaban J connectivity index is 0.00000341. The highest BCUT2D eigenvalue weighted by atomic mass is 35.5. The van der Waals surface area contributed by atoms with Crippen molar-refractivity contribution in [2.75, 3.05) is 32.8 Å². The molecule has 31 heavy (non-hydrogen) atoms.